The average Bonchev–Trinajstić information content (AvgIpc) is 2.69. The van der Waals surface area contributed by atoms with Gasteiger partial charge in [0.1, 0.15) is 0 Å². The van der Waals surface area contributed by atoms with Crippen LogP contribution in [0.5, 0.6) is 0 Å². The van der Waals surface area contributed by atoms with Crippen molar-refractivity contribution in [3.05, 3.63) is 95.3 Å². The molecule has 2 heterocycles. The molecule has 0 radical (unpaired) electrons. The van der Waals surface area contributed by atoms with Gasteiger partial charge in [-0.25, -0.2) is 19.9 Å². The van der Waals surface area contributed by atoms with E-state index >= 15 is 0 Å². The Labute approximate surface area is 163 Å². The van der Waals surface area contributed by atoms with Crippen molar-refractivity contribution in [1.29, 1.82) is 0 Å². The molecule has 4 aromatic rings. The van der Waals surface area contributed by atoms with Crippen molar-refractivity contribution in [3.63, 3.8) is 0 Å². The summed E-state index contributed by atoms with van der Waals surface area (Å²) in [4.78, 5) is 17.4. The van der Waals surface area contributed by atoms with Gasteiger partial charge in [0.25, 0.3) is 0 Å². The highest BCUT2D eigenvalue weighted by molar-refractivity contribution is 5.58. The Morgan fingerprint density at radius 3 is 1.32 bits per heavy atom. The van der Waals surface area contributed by atoms with Gasteiger partial charge in [0, 0.05) is 12.8 Å². The summed E-state index contributed by atoms with van der Waals surface area (Å²) < 4.78 is 0. The number of nitrogens with two attached hydrogens (primary N) is 2. The second-order valence-corrected chi connectivity index (χ2v) is 6.53. The van der Waals surface area contributed by atoms with E-state index in [0.29, 0.717) is 24.2 Å². The lowest BCUT2D eigenvalue weighted by molar-refractivity contribution is 1.02. The zero-order valence-corrected chi connectivity index (χ0v) is 15.3. The van der Waals surface area contributed by atoms with E-state index < -0.39 is 0 Å². The number of nitrogen functional groups attached to an aromatic ring is 2. The third-order valence-electron chi connectivity index (χ3n) is 4.31. The number of aromatic nitrogens is 4. The molecule has 138 valence electrons. The first kappa shape index (κ1) is 17.6. The third-order valence-corrected chi connectivity index (χ3v) is 4.31. The third kappa shape index (κ3) is 4.29. The Hall–Kier alpha value is -3.80. The summed E-state index contributed by atoms with van der Waals surface area (Å²) in [5, 5.41) is 0. The zero-order chi connectivity index (χ0) is 19.3. The van der Waals surface area contributed by atoms with Gasteiger partial charge in [-0.15, -0.1) is 0 Å². The summed E-state index contributed by atoms with van der Waals surface area (Å²) in [5.41, 5.74) is 17.1. The topological polar surface area (TPSA) is 104 Å². The molecule has 0 unspecified atom stereocenters. The Kier molecular flexibility index (Phi) is 4.93. The lowest BCUT2D eigenvalue weighted by Crippen LogP contribution is -2.05. The van der Waals surface area contributed by atoms with Crippen LogP contribution in [0.2, 0.25) is 0 Å². The van der Waals surface area contributed by atoms with Crippen molar-refractivity contribution in [2.24, 2.45) is 0 Å². The summed E-state index contributed by atoms with van der Waals surface area (Å²) in [5.74, 6) is 0.426. The normalized spacial score (nSPS) is 10.7. The second kappa shape index (κ2) is 7.84. The van der Waals surface area contributed by atoms with Crippen LogP contribution < -0.4 is 11.5 Å². The number of hydrogen-bond donors (Lipinski definition) is 2. The average molecular weight is 368 g/mol. The number of anilines is 2. The van der Waals surface area contributed by atoms with Crippen LogP contribution in [-0.2, 0) is 12.8 Å². The molecular formula is C22H20N6. The van der Waals surface area contributed by atoms with Crippen molar-refractivity contribution in [2.75, 3.05) is 11.5 Å². The van der Waals surface area contributed by atoms with E-state index in [1.54, 1.807) is 0 Å². The minimum atomic E-state index is 0.213. The molecule has 0 aliphatic rings. The van der Waals surface area contributed by atoms with Gasteiger partial charge in [-0.1, -0.05) is 60.7 Å². The largest absolute Gasteiger partial charge is 0.368 e. The number of hydrogen-bond acceptors (Lipinski definition) is 6. The van der Waals surface area contributed by atoms with Crippen LogP contribution in [0.3, 0.4) is 0 Å². The molecule has 0 spiro atoms. The van der Waals surface area contributed by atoms with Crippen LogP contribution in [0.15, 0.2) is 72.8 Å². The molecule has 28 heavy (non-hydrogen) atoms. The number of rotatable bonds is 5. The fourth-order valence-corrected chi connectivity index (χ4v) is 3.09. The highest BCUT2D eigenvalue weighted by Gasteiger charge is 2.10. The Morgan fingerprint density at radius 1 is 0.536 bits per heavy atom. The molecule has 0 atom stereocenters. The summed E-state index contributed by atoms with van der Waals surface area (Å²) >= 11 is 0. The summed E-state index contributed by atoms with van der Waals surface area (Å²) in [6.07, 6.45) is 1.33. The van der Waals surface area contributed by atoms with Gasteiger partial charge in [-0.2, -0.15) is 0 Å². The highest BCUT2D eigenvalue weighted by atomic mass is 15.0. The Morgan fingerprint density at radius 2 is 0.929 bits per heavy atom. The summed E-state index contributed by atoms with van der Waals surface area (Å²) in [6.45, 7) is 0. The van der Waals surface area contributed by atoms with Crippen LogP contribution in [0, 0.1) is 0 Å². The fourth-order valence-electron chi connectivity index (χ4n) is 3.09. The standard InChI is InChI=1S/C22H20N6/c23-21-25-17(11-15-7-3-1-4-8-15)13-19(27-21)20-14-18(26-22(24)28-20)12-16-9-5-2-6-10-16/h1-10,13-14H,11-12H2,(H2,23,25,27)(H2,24,26,28). The van der Waals surface area contributed by atoms with E-state index in [1.807, 2.05) is 48.5 Å². The molecule has 2 aromatic carbocycles. The van der Waals surface area contributed by atoms with Crippen LogP contribution in [0.25, 0.3) is 11.4 Å². The molecular weight excluding hydrogens is 348 g/mol. The smallest absolute Gasteiger partial charge is 0.220 e. The predicted molar refractivity (Wildman–Crippen MR) is 110 cm³/mol. The van der Waals surface area contributed by atoms with E-state index in [-0.39, 0.29) is 11.9 Å². The van der Waals surface area contributed by atoms with Crippen molar-refractivity contribution in [1.82, 2.24) is 19.9 Å². The fraction of sp³-hybridized carbons (Fsp3) is 0.0909. The molecule has 0 aliphatic carbocycles. The lowest BCUT2D eigenvalue weighted by atomic mass is 10.1. The Bertz CT molecular complexity index is 992. The molecule has 6 heteroatoms. The number of benzene rings is 2. The monoisotopic (exact) mass is 368 g/mol. The first-order valence-corrected chi connectivity index (χ1v) is 9.01. The summed E-state index contributed by atoms with van der Waals surface area (Å²) in [6, 6.07) is 24.0. The van der Waals surface area contributed by atoms with E-state index in [1.165, 1.54) is 0 Å². The van der Waals surface area contributed by atoms with Gasteiger partial charge in [-0.3, -0.25) is 0 Å². The van der Waals surface area contributed by atoms with Gasteiger partial charge in [0.15, 0.2) is 0 Å². The first-order chi connectivity index (χ1) is 13.7. The van der Waals surface area contributed by atoms with Gasteiger partial charge < -0.3 is 11.5 Å². The zero-order valence-electron chi connectivity index (χ0n) is 15.3. The van der Waals surface area contributed by atoms with E-state index in [2.05, 4.69) is 44.2 Å². The quantitative estimate of drug-likeness (QED) is 0.560. The first-order valence-electron chi connectivity index (χ1n) is 9.01. The van der Waals surface area contributed by atoms with Crippen molar-refractivity contribution in [2.45, 2.75) is 12.8 Å². The van der Waals surface area contributed by atoms with Crippen molar-refractivity contribution in [3.8, 4) is 11.4 Å². The maximum atomic E-state index is 5.95. The van der Waals surface area contributed by atoms with E-state index in [4.69, 9.17) is 11.5 Å². The van der Waals surface area contributed by atoms with Gasteiger partial charge >= 0.3 is 0 Å². The van der Waals surface area contributed by atoms with Gasteiger partial charge in [-0.05, 0) is 23.3 Å². The molecule has 0 saturated heterocycles. The van der Waals surface area contributed by atoms with E-state index in [0.717, 1.165) is 22.5 Å². The predicted octanol–water partition coefficient (Wildman–Crippen LogP) is 3.28. The molecule has 4 rings (SSSR count). The highest BCUT2D eigenvalue weighted by Crippen LogP contribution is 2.21. The molecule has 0 fully saturated rings. The van der Waals surface area contributed by atoms with Crippen LogP contribution in [-0.4, -0.2) is 19.9 Å². The minimum Gasteiger partial charge on any atom is -0.368 e. The van der Waals surface area contributed by atoms with Crippen molar-refractivity contribution < 1.29 is 0 Å². The van der Waals surface area contributed by atoms with Crippen LogP contribution in [0.1, 0.15) is 22.5 Å². The molecule has 4 N–H and O–H groups in total. The SMILES string of the molecule is Nc1nc(Cc2ccccc2)cc(-c2cc(Cc3ccccc3)nc(N)n2)n1. The maximum Gasteiger partial charge on any atom is 0.220 e. The van der Waals surface area contributed by atoms with E-state index in [9.17, 15) is 0 Å². The lowest BCUT2D eigenvalue weighted by Gasteiger charge is -2.08. The Balaban J connectivity index is 1.66. The number of nitrogens with zero attached hydrogens (tertiary/aromatic N) is 4. The summed E-state index contributed by atoms with van der Waals surface area (Å²) in [7, 11) is 0. The minimum absolute atomic E-state index is 0.213. The molecule has 0 bridgehead atoms. The van der Waals surface area contributed by atoms with Crippen LogP contribution >= 0.6 is 0 Å². The van der Waals surface area contributed by atoms with Gasteiger partial charge in [0.05, 0.1) is 22.8 Å². The van der Waals surface area contributed by atoms with Crippen molar-refractivity contribution >= 4 is 11.9 Å². The molecule has 0 amide bonds. The molecule has 6 nitrogen and oxygen atoms in total. The van der Waals surface area contributed by atoms with Gasteiger partial charge in [0.2, 0.25) is 11.9 Å². The molecule has 0 aliphatic heterocycles. The molecule has 0 saturated carbocycles. The van der Waals surface area contributed by atoms with Crippen LogP contribution in [0.4, 0.5) is 11.9 Å². The maximum absolute atomic E-state index is 5.95. The molecule has 2 aromatic heterocycles. The second-order valence-electron chi connectivity index (χ2n) is 6.53.